The predicted molar refractivity (Wildman–Crippen MR) is 112 cm³/mol. The first-order valence-electron chi connectivity index (χ1n) is 10.1. The van der Waals surface area contributed by atoms with Crippen LogP contribution in [0.4, 0.5) is 0 Å². The van der Waals surface area contributed by atoms with Crippen molar-refractivity contribution < 1.29 is 22.7 Å². The maximum Gasteiger partial charge on any atom is 0.257 e. The third-order valence-electron chi connectivity index (χ3n) is 5.41. The van der Waals surface area contributed by atoms with Crippen LogP contribution in [0, 0.1) is 6.92 Å². The lowest BCUT2D eigenvalue weighted by Crippen LogP contribution is -2.61. The van der Waals surface area contributed by atoms with Crippen molar-refractivity contribution in [2.24, 2.45) is 0 Å². The standard InChI is InChI=1S/C22H26N2O5S/c1-3-28-21-7-5-4-6-20(21)22(25)23-12-17-14-24(15-18(13-23)29-17)30(26,27)19-10-8-16(2)9-11-19/h4-11,17-18H,3,12-15H2,1-2H3/t17-,18+. The molecular formula is C22H26N2O5S. The lowest BCUT2D eigenvalue weighted by molar-refractivity contribution is -0.113. The number of hydrogen-bond donors (Lipinski definition) is 0. The Bertz CT molecular complexity index is 1010. The molecule has 0 saturated carbocycles. The number of amides is 1. The minimum absolute atomic E-state index is 0.118. The second-order valence-electron chi connectivity index (χ2n) is 7.65. The van der Waals surface area contributed by atoms with Gasteiger partial charge in [0, 0.05) is 26.2 Å². The molecule has 2 bridgehead atoms. The lowest BCUT2D eigenvalue weighted by Gasteiger charge is -2.45. The van der Waals surface area contributed by atoms with E-state index in [-0.39, 0.29) is 36.1 Å². The molecule has 2 atom stereocenters. The molecule has 1 amide bonds. The number of hydrogen-bond acceptors (Lipinski definition) is 5. The fourth-order valence-electron chi connectivity index (χ4n) is 3.97. The van der Waals surface area contributed by atoms with Gasteiger partial charge in [-0.25, -0.2) is 8.42 Å². The van der Waals surface area contributed by atoms with Crippen LogP contribution in [0.2, 0.25) is 0 Å². The Morgan fingerprint density at radius 2 is 1.67 bits per heavy atom. The summed E-state index contributed by atoms with van der Waals surface area (Å²) in [7, 11) is -3.59. The molecule has 4 rings (SSSR count). The molecule has 2 aromatic rings. The molecule has 0 unspecified atom stereocenters. The smallest absolute Gasteiger partial charge is 0.257 e. The van der Waals surface area contributed by atoms with Crippen molar-refractivity contribution in [3.8, 4) is 5.75 Å². The molecule has 0 N–H and O–H groups in total. The summed E-state index contributed by atoms with van der Waals surface area (Å²) in [6.07, 6.45) is -0.721. The van der Waals surface area contributed by atoms with Crippen molar-refractivity contribution in [3.05, 3.63) is 59.7 Å². The van der Waals surface area contributed by atoms with Crippen molar-refractivity contribution in [2.45, 2.75) is 31.0 Å². The van der Waals surface area contributed by atoms with E-state index in [4.69, 9.17) is 9.47 Å². The molecule has 2 heterocycles. The molecule has 2 aliphatic rings. The van der Waals surface area contributed by atoms with Gasteiger partial charge in [0.05, 0.1) is 29.3 Å². The molecule has 8 heteroatoms. The van der Waals surface area contributed by atoms with E-state index in [9.17, 15) is 13.2 Å². The van der Waals surface area contributed by atoms with Crippen LogP contribution in [0.15, 0.2) is 53.4 Å². The first kappa shape index (κ1) is 20.8. The lowest BCUT2D eigenvalue weighted by atomic mass is 10.1. The van der Waals surface area contributed by atoms with E-state index in [0.29, 0.717) is 31.0 Å². The summed E-state index contributed by atoms with van der Waals surface area (Å²) >= 11 is 0. The maximum absolute atomic E-state index is 13.1. The number of para-hydroxylation sites is 1. The van der Waals surface area contributed by atoms with Crippen molar-refractivity contribution in [2.75, 3.05) is 32.8 Å². The van der Waals surface area contributed by atoms with Crippen LogP contribution < -0.4 is 4.74 Å². The SMILES string of the molecule is CCOc1ccccc1C(=O)N1C[C@@H]2CN(S(=O)(=O)c3ccc(C)cc3)C[C@H](C1)O2. The summed E-state index contributed by atoms with van der Waals surface area (Å²) in [5.74, 6) is 0.442. The van der Waals surface area contributed by atoms with Gasteiger partial charge in [-0.15, -0.1) is 0 Å². The van der Waals surface area contributed by atoms with Crippen molar-refractivity contribution >= 4 is 15.9 Å². The summed E-state index contributed by atoms with van der Waals surface area (Å²) in [5.41, 5.74) is 1.53. The van der Waals surface area contributed by atoms with Gasteiger partial charge in [-0.05, 0) is 38.1 Å². The fraction of sp³-hybridized carbons (Fsp3) is 0.409. The predicted octanol–water partition coefficient (Wildman–Crippen LogP) is 2.31. The van der Waals surface area contributed by atoms with Crippen LogP contribution in [-0.4, -0.2) is 68.5 Å². The van der Waals surface area contributed by atoms with E-state index >= 15 is 0 Å². The highest BCUT2D eigenvalue weighted by molar-refractivity contribution is 7.89. The normalized spacial score (nSPS) is 22.0. The largest absolute Gasteiger partial charge is 0.493 e. The Labute approximate surface area is 177 Å². The molecule has 2 saturated heterocycles. The Hall–Kier alpha value is -2.42. The van der Waals surface area contributed by atoms with E-state index in [1.54, 1.807) is 41.3 Å². The molecular weight excluding hydrogens is 404 g/mol. The van der Waals surface area contributed by atoms with Crippen LogP contribution in [0.5, 0.6) is 5.75 Å². The van der Waals surface area contributed by atoms with Crippen molar-refractivity contribution in [1.29, 1.82) is 0 Å². The van der Waals surface area contributed by atoms with Crippen molar-refractivity contribution in [1.82, 2.24) is 9.21 Å². The quantitative estimate of drug-likeness (QED) is 0.728. The average Bonchev–Trinajstić information content (AvgIpc) is 2.73. The molecule has 0 radical (unpaired) electrons. The van der Waals surface area contributed by atoms with E-state index in [1.165, 1.54) is 4.31 Å². The van der Waals surface area contributed by atoms with E-state index < -0.39 is 10.0 Å². The second-order valence-corrected chi connectivity index (χ2v) is 9.59. The Morgan fingerprint density at radius 1 is 1.03 bits per heavy atom. The van der Waals surface area contributed by atoms with Crippen LogP contribution in [0.1, 0.15) is 22.8 Å². The fourth-order valence-corrected chi connectivity index (χ4v) is 5.47. The molecule has 0 spiro atoms. The van der Waals surface area contributed by atoms with Gasteiger partial charge in [0.2, 0.25) is 10.0 Å². The minimum atomic E-state index is -3.59. The monoisotopic (exact) mass is 430 g/mol. The Morgan fingerprint density at radius 3 is 2.30 bits per heavy atom. The maximum atomic E-state index is 13.1. The van der Waals surface area contributed by atoms with E-state index in [2.05, 4.69) is 0 Å². The second kappa shape index (κ2) is 8.37. The molecule has 0 aliphatic carbocycles. The number of carbonyl (C=O) groups excluding carboxylic acids is 1. The summed E-state index contributed by atoms with van der Waals surface area (Å²) in [6, 6.07) is 14.1. The van der Waals surface area contributed by atoms with E-state index in [1.807, 2.05) is 26.0 Å². The average molecular weight is 431 g/mol. The zero-order valence-electron chi connectivity index (χ0n) is 17.2. The third-order valence-corrected chi connectivity index (χ3v) is 7.26. The van der Waals surface area contributed by atoms with Gasteiger partial charge in [-0.1, -0.05) is 29.8 Å². The summed E-state index contributed by atoms with van der Waals surface area (Å²) in [4.78, 5) is 15.1. The molecule has 7 nitrogen and oxygen atoms in total. The number of ether oxygens (including phenoxy) is 2. The molecule has 0 aromatic heterocycles. The molecule has 30 heavy (non-hydrogen) atoms. The first-order valence-corrected chi connectivity index (χ1v) is 11.6. The zero-order valence-corrected chi connectivity index (χ0v) is 18.0. The van der Waals surface area contributed by atoms with Gasteiger partial charge in [0.25, 0.3) is 5.91 Å². The molecule has 160 valence electrons. The number of nitrogens with zero attached hydrogens (tertiary/aromatic N) is 2. The van der Waals surface area contributed by atoms with Gasteiger partial charge in [0.15, 0.2) is 0 Å². The molecule has 2 aromatic carbocycles. The summed E-state index contributed by atoms with van der Waals surface area (Å²) in [6.45, 7) is 5.41. The van der Waals surface area contributed by atoms with Gasteiger partial charge < -0.3 is 14.4 Å². The Kier molecular flexibility index (Phi) is 5.81. The van der Waals surface area contributed by atoms with Gasteiger partial charge in [-0.2, -0.15) is 4.31 Å². The van der Waals surface area contributed by atoms with Crippen molar-refractivity contribution in [3.63, 3.8) is 0 Å². The van der Waals surface area contributed by atoms with Gasteiger partial charge in [0.1, 0.15) is 5.75 Å². The topological polar surface area (TPSA) is 76.2 Å². The number of aryl methyl sites for hydroxylation is 1. The highest BCUT2D eigenvalue weighted by Gasteiger charge is 2.41. The van der Waals surface area contributed by atoms with E-state index in [0.717, 1.165) is 5.56 Å². The summed E-state index contributed by atoms with van der Waals surface area (Å²) in [5, 5.41) is 0. The minimum Gasteiger partial charge on any atom is -0.493 e. The Balaban J connectivity index is 1.49. The van der Waals surface area contributed by atoms with Crippen LogP contribution in [0.25, 0.3) is 0 Å². The number of rotatable bonds is 5. The van der Waals surface area contributed by atoms with Crippen LogP contribution >= 0.6 is 0 Å². The zero-order chi connectivity index (χ0) is 21.3. The van der Waals surface area contributed by atoms with Crippen LogP contribution in [-0.2, 0) is 14.8 Å². The number of benzene rings is 2. The third kappa shape index (κ3) is 4.08. The summed E-state index contributed by atoms with van der Waals surface area (Å²) < 4.78 is 39.2. The first-order chi connectivity index (χ1) is 14.4. The highest BCUT2D eigenvalue weighted by Crippen LogP contribution is 2.27. The number of carbonyl (C=O) groups is 1. The number of fused-ring (bicyclic) bond motifs is 2. The van der Waals surface area contributed by atoms with Crippen LogP contribution in [0.3, 0.4) is 0 Å². The number of sulfonamides is 1. The molecule has 2 aliphatic heterocycles. The van der Waals surface area contributed by atoms with Gasteiger partial charge >= 0.3 is 0 Å². The number of morpholine rings is 2. The molecule has 2 fully saturated rings. The highest BCUT2D eigenvalue weighted by atomic mass is 32.2. The van der Waals surface area contributed by atoms with Gasteiger partial charge in [-0.3, -0.25) is 4.79 Å².